The number of hydrogen-bond donors (Lipinski definition) is 2. The van der Waals surface area contributed by atoms with E-state index < -0.39 is 17.6 Å². The van der Waals surface area contributed by atoms with Crippen molar-refractivity contribution in [3.05, 3.63) is 71.0 Å². The number of benzene rings is 2. The van der Waals surface area contributed by atoms with E-state index in [0.717, 1.165) is 56.6 Å². The van der Waals surface area contributed by atoms with Gasteiger partial charge in [-0.15, -0.1) is 0 Å². The van der Waals surface area contributed by atoms with Gasteiger partial charge in [-0.05, 0) is 61.6 Å². The predicted molar refractivity (Wildman–Crippen MR) is 155 cm³/mol. The maximum absolute atomic E-state index is 15.6. The van der Waals surface area contributed by atoms with Crippen LogP contribution in [0.25, 0.3) is 0 Å². The van der Waals surface area contributed by atoms with Gasteiger partial charge in [-0.1, -0.05) is 61.7 Å². The number of hydrogen-bond acceptors (Lipinski definition) is 3. The van der Waals surface area contributed by atoms with Gasteiger partial charge in [-0.25, -0.2) is 4.39 Å². The van der Waals surface area contributed by atoms with Crippen molar-refractivity contribution in [1.29, 1.82) is 0 Å². The molecule has 10 heteroatoms. The molecular weight excluding hydrogens is 574 g/mol. The second-order valence-corrected chi connectivity index (χ2v) is 13.2. The number of amides is 1. The number of fused-ring (bicyclic) bond motifs is 2. The number of alkyl halides is 3. The van der Waals surface area contributed by atoms with Gasteiger partial charge in [-0.2, -0.15) is 13.2 Å². The van der Waals surface area contributed by atoms with Crippen LogP contribution in [-0.2, 0) is 21.4 Å². The van der Waals surface area contributed by atoms with Crippen molar-refractivity contribution in [2.45, 2.75) is 87.9 Å². The Morgan fingerprint density at radius 2 is 1.68 bits per heavy atom. The first-order chi connectivity index (χ1) is 21.0. The van der Waals surface area contributed by atoms with Crippen molar-refractivity contribution in [3.8, 4) is 0 Å². The predicted octanol–water partition coefficient (Wildman–Crippen LogP) is 2.42. The maximum atomic E-state index is 15.6. The summed E-state index contributed by atoms with van der Waals surface area (Å²) in [5.74, 6) is -1.87. The van der Waals surface area contributed by atoms with E-state index in [2.05, 4.69) is 58.9 Å². The lowest BCUT2D eigenvalue weighted by Gasteiger charge is -2.46. The van der Waals surface area contributed by atoms with Gasteiger partial charge in [0.25, 0.3) is 0 Å². The molecule has 3 heterocycles. The third-order valence-corrected chi connectivity index (χ3v) is 10.5. The summed E-state index contributed by atoms with van der Waals surface area (Å²) in [5, 5.41) is 13.4. The number of carbonyl (C=O) groups is 2. The normalized spacial score (nSPS) is 29.3. The number of nitrogens with zero attached hydrogens (tertiary/aromatic N) is 1. The summed E-state index contributed by atoms with van der Waals surface area (Å²) in [6.45, 7) is 5.43. The van der Waals surface area contributed by atoms with Crippen LogP contribution in [-0.4, -0.2) is 61.2 Å². The number of aliphatic carboxylic acids is 1. The minimum absolute atomic E-state index is 0.111. The topological polar surface area (TPSA) is 93.7 Å². The lowest BCUT2D eigenvalue weighted by molar-refractivity contribution is -0.697. The Hall–Kier alpha value is -2.98. The molecular formula is C34H44F4N3O3+. The number of rotatable bonds is 3. The number of carboxylic acids is 1. The molecule has 4 aliphatic rings. The third kappa shape index (κ3) is 6.81. The number of likely N-dealkylation sites (tertiary alicyclic amines) is 1. The minimum atomic E-state index is -5.19. The molecule has 2 aromatic carbocycles. The van der Waals surface area contributed by atoms with E-state index in [1.807, 2.05) is 6.07 Å². The van der Waals surface area contributed by atoms with Gasteiger partial charge in [0.15, 0.2) is 0 Å². The van der Waals surface area contributed by atoms with E-state index in [0.29, 0.717) is 29.8 Å². The number of nitrogens with two attached hydrogens (primary N) is 2. The Kier molecular flexibility index (Phi) is 9.99. The number of quaternary nitrogens is 2. The van der Waals surface area contributed by atoms with Gasteiger partial charge in [0.1, 0.15) is 23.1 Å². The second-order valence-electron chi connectivity index (χ2n) is 13.2. The molecule has 4 N–H and O–H groups in total. The highest BCUT2D eigenvalue weighted by molar-refractivity contribution is 5.82. The number of carbonyl (C=O) groups excluding carboxylic acids is 2. The van der Waals surface area contributed by atoms with Crippen LogP contribution in [0.4, 0.5) is 17.6 Å². The van der Waals surface area contributed by atoms with E-state index in [4.69, 9.17) is 9.90 Å². The summed E-state index contributed by atoms with van der Waals surface area (Å²) in [4.78, 5) is 25.7. The molecule has 0 radical (unpaired) electrons. The monoisotopic (exact) mass is 618 g/mol. The summed E-state index contributed by atoms with van der Waals surface area (Å²) >= 11 is 0. The molecule has 3 fully saturated rings. The largest absolute Gasteiger partial charge is 0.542 e. The summed E-state index contributed by atoms with van der Waals surface area (Å²) in [6, 6.07) is 17.2. The second kappa shape index (κ2) is 13.6. The molecule has 1 saturated carbocycles. The van der Waals surface area contributed by atoms with Crippen molar-refractivity contribution in [1.82, 2.24) is 4.90 Å². The van der Waals surface area contributed by atoms with Crippen molar-refractivity contribution in [2.24, 2.45) is 11.8 Å². The van der Waals surface area contributed by atoms with Crippen LogP contribution in [0.3, 0.4) is 0 Å². The van der Waals surface area contributed by atoms with Gasteiger partial charge in [0.05, 0.1) is 25.7 Å². The molecule has 6 nitrogen and oxygen atoms in total. The molecule has 1 amide bonds. The molecule has 6 rings (SSSR count). The molecule has 0 aromatic heterocycles. The molecule has 1 spiro atoms. The summed E-state index contributed by atoms with van der Waals surface area (Å²) in [5.41, 5.74) is 2.94. The van der Waals surface area contributed by atoms with Gasteiger partial charge >= 0.3 is 6.18 Å². The lowest BCUT2D eigenvalue weighted by Crippen LogP contribution is -2.93. The standard InChI is InChI=1S/C32H42FN3O.C2HF3O2/c1-22-17-26-13-8-14-28(33)30(26)32(21-35-22)20-34-19-27(32)31(37)36-16-15-25(23-9-4-2-5-10-23)18-29(36)24-11-6-3-7-12-24;3-2(4,5)1(6)7/h2,4-5,8-10,13-14,22,24-25,27,29,34-35H,3,6-7,11-12,15-21H2,1H3;(H,6,7)/p+1/t22-,25+,27-,29-,32-;/m0./s1. The smallest absolute Gasteiger partial charge is 0.430 e. The van der Waals surface area contributed by atoms with Crippen LogP contribution >= 0.6 is 0 Å². The van der Waals surface area contributed by atoms with Crippen molar-refractivity contribution < 1.29 is 42.9 Å². The fourth-order valence-corrected chi connectivity index (χ4v) is 8.42. The molecule has 44 heavy (non-hydrogen) atoms. The first kappa shape index (κ1) is 32.4. The SMILES string of the molecule is C[C@H]1Cc2cccc(F)c2[C@@]2(C[NH2+]C[C@H]2C(=O)N2CC[C@@H](c3ccccc3)C[C@H]2C2CCCCC2)C[NH2+]1.O=C([O-])C(F)(F)F. The quantitative estimate of drug-likeness (QED) is 0.518. The average Bonchev–Trinajstić information content (AvgIpc) is 3.38. The number of halogens is 4. The van der Waals surface area contributed by atoms with Crippen molar-refractivity contribution in [2.75, 3.05) is 26.2 Å². The van der Waals surface area contributed by atoms with E-state index >= 15 is 4.39 Å². The van der Waals surface area contributed by atoms with Crippen LogP contribution in [0, 0.1) is 17.7 Å². The molecule has 3 aliphatic heterocycles. The molecule has 0 unspecified atom stereocenters. The minimum Gasteiger partial charge on any atom is -0.542 e. The Morgan fingerprint density at radius 3 is 2.36 bits per heavy atom. The zero-order chi connectivity index (χ0) is 31.5. The van der Waals surface area contributed by atoms with Gasteiger partial charge in [0.2, 0.25) is 5.91 Å². The Labute approximate surface area is 256 Å². The first-order valence-electron chi connectivity index (χ1n) is 16.1. The highest BCUT2D eigenvalue weighted by Crippen LogP contribution is 2.43. The highest BCUT2D eigenvalue weighted by atomic mass is 19.4. The summed E-state index contributed by atoms with van der Waals surface area (Å²) in [6.07, 6.45) is 4.13. The van der Waals surface area contributed by atoms with Gasteiger partial charge < -0.3 is 25.4 Å². The summed E-state index contributed by atoms with van der Waals surface area (Å²) < 4.78 is 47.2. The zero-order valence-corrected chi connectivity index (χ0v) is 25.3. The molecule has 0 bridgehead atoms. The van der Waals surface area contributed by atoms with E-state index in [1.165, 1.54) is 37.7 Å². The van der Waals surface area contributed by atoms with E-state index in [9.17, 15) is 18.0 Å². The van der Waals surface area contributed by atoms with Crippen molar-refractivity contribution in [3.63, 3.8) is 0 Å². The average molecular weight is 619 g/mol. The van der Waals surface area contributed by atoms with Crippen LogP contribution in [0.1, 0.15) is 74.5 Å². The highest BCUT2D eigenvalue weighted by Gasteiger charge is 2.57. The maximum Gasteiger partial charge on any atom is 0.430 e. The lowest BCUT2D eigenvalue weighted by atomic mass is 9.69. The Morgan fingerprint density at radius 1 is 0.977 bits per heavy atom. The molecule has 240 valence electrons. The Bertz CT molecular complexity index is 1300. The fraction of sp³-hybridized carbons (Fsp3) is 0.588. The van der Waals surface area contributed by atoms with E-state index in [1.54, 1.807) is 6.07 Å². The van der Waals surface area contributed by atoms with E-state index in [-0.39, 0.29) is 11.7 Å². The molecule has 5 atom stereocenters. The fourth-order valence-electron chi connectivity index (χ4n) is 8.42. The zero-order valence-electron chi connectivity index (χ0n) is 25.3. The van der Waals surface area contributed by atoms with Gasteiger partial charge in [0, 0.05) is 24.6 Å². The molecule has 2 aromatic rings. The molecule has 1 aliphatic carbocycles. The molecule has 2 saturated heterocycles. The van der Waals surface area contributed by atoms with Crippen LogP contribution in [0.2, 0.25) is 0 Å². The third-order valence-electron chi connectivity index (χ3n) is 10.5. The van der Waals surface area contributed by atoms with Crippen molar-refractivity contribution >= 4 is 11.9 Å². The summed E-state index contributed by atoms with van der Waals surface area (Å²) in [7, 11) is 0. The van der Waals surface area contributed by atoms with Crippen LogP contribution in [0.5, 0.6) is 0 Å². The van der Waals surface area contributed by atoms with Crippen LogP contribution < -0.4 is 15.7 Å². The number of carboxylic acid groups (broad SMARTS) is 1. The van der Waals surface area contributed by atoms with Gasteiger partial charge in [-0.3, -0.25) is 4.79 Å². The first-order valence-corrected chi connectivity index (χ1v) is 16.1. The number of piperidine rings is 1. The van der Waals surface area contributed by atoms with Crippen LogP contribution in [0.15, 0.2) is 48.5 Å². The Balaban J connectivity index is 0.000000493.